The number of carboxylic acids is 1. The number of carboxylic acid groups (broad SMARTS) is 1. The minimum atomic E-state index is -3.73. The largest absolute Gasteiger partial charge is 0.476 e. The van der Waals surface area contributed by atoms with Gasteiger partial charge in [-0.15, -0.1) is 5.10 Å². The fourth-order valence-corrected chi connectivity index (χ4v) is 3.01. The van der Waals surface area contributed by atoms with E-state index < -0.39 is 16.0 Å². The van der Waals surface area contributed by atoms with Gasteiger partial charge in [-0.05, 0) is 0 Å². The Labute approximate surface area is 133 Å². The first kappa shape index (κ1) is 17.1. The minimum Gasteiger partial charge on any atom is -0.476 e. The van der Waals surface area contributed by atoms with Crippen LogP contribution in [0.2, 0.25) is 0 Å². The van der Waals surface area contributed by atoms with Crippen molar-refractivity contribution in [3.63, 3.8) is 0 Å². The van der Waals surface area contributed by atoms with Crippen LogP contribution < -0.4 is 4.72 Å². The molecule has 2 rings (SSSR count). The zero-order chi connectivity index (χ0) is 17.2. The molecule has 11 heteroatoms. The fourth-order valence-electron chi connectivity index (χ4n) is 1.99. The third kappa shape index (κ3) is 3.93. The molecule has 10 nitrogen and oxygen atoms in total. The summed E-state index contributed by atoms with van der Waals surface area (Å²) in [6.07, 6.45) is 2.68. The van der Waals surface area contributed by atoms with Gasteiger partial charge in [-0.2, -0.15) is 0 Å². The Morgan fingerprint density at radius 1 is 1.39 bits per heavy atom. The predicted octanol–water partition coefficient (Wildman–Crippen LogP) is -0.188. The van der Waals surface area contributed by atoms with E-state index in [1.165, 1.54) is 17.1 Å². The van der Waals surface area contributed by atoms with E-state index in [-0.39, 0.29) is 29.7 Å². The fraction of sp³-hybridized carbons (Fsp3) is 0.500. The number of aromatic nitrogens is 5. The van der Waals surface area contributed by atoms with Gasteiger partial charge in [0.2, 0.25) is 0 Å². The normalized spacial score (nSPS) is 12.0. The first-order valence-electron chi connectivity index (χ1n) is 6.87. The molecule has 0 aromatic carbocycles. The Morgan fingerprint density at radius 3 is 2.61 bits per heavy atom. The Kier molecular flexibility index (Phi) is 4.80. The molecule has 23 heavy (non-hydrogen) atoms. The molecule has 2 aromatic heterocycles. The van der Waals surface area contributed by atoms with Crippen molar-refractivity contribution in [1.82, 2.24) is 29.3 Å². The van der Waals surface area contributed by atoms with E-state index in [0.29, 0.717) is 5.82 Å². The minimum absolute atomic E-state index is 0.0400. The highest BCUT2D eigenvalue weighted by Crippen LogP contribution is 2.15. The Morgan fingerprint density at radius 2 is 2.09 bits per heavy atom. The highest BCUT2D eigenvalue weighted by Gasteiger charge is 2.20. The second-order valence-electron chi connectivity index (χ2n) is 5.27. The number of nitrogens with zero attached hydrogens (tertiary/aromatic N) is 5. The SMILES string of the molecule is CC(C)c1nc(S(=O)(=O)NCCn2cc(C(=O)O)nn2)cn1C. The van der Waals surface area contributed by atoms with E-state index in [1.54, 1.807) is 11.6 Å². The van der Waals surface area contributed by atoms with Crippen LogP contribution in [0.15, 0.2) is 17.4 Å². The summed E-state index contributed by atoms with van der Waals surface area (Å²) in [6.45, 7) is 4.05. The number of hydrogen-bond donors (Lipinski definition) is 2. The van der Waals surface area contributed by atoms with Crippen molar-refractivity contribution >= 4 is 16.0 Å². The van der Waals surface area contributed by atoms with Gasteiger partial charge in [-0.25, -0.2) is 22.9 Å². The van der Waals surface area contributed by atoms with E-state index >= 15 is 0 Å². The summed E-state index contributed by atoms with van der Waals surface area (Å²) in [4.78, 5) is 14.8. The number of rotatable bonds is 7. The smallest absolute Gasteiger partial charge is 0.358 e. The summed E-state index contributed by atoms with van der Waals surface area (Å²) in [5, 5.41) is 15.7. The molecule has 0 radical (unpaired) electrons. The van der Waals surface area contributed by atoms with Gasteiger partial charge >= 0.3 is 5.97 Å². The molecule has 0 bridgehead atoms. The van der Waals surface area contributed by atoms with E-state index in [1.807, 2.05) is 13.8 Å². The second kappa shape index (κ2) is 6.46. The maximum atomic E-state index is 12.2. The molecular formula is C12H18N6O4S. The lowest BCUT2D eigenvalue weighted by atomic mass is 10.2. The molecule has 2 heterocycles. The molecule has 0 unspecified atom stereocenters. The predicted molar refractivity (Wildman–Crippen MR) is 79.5 cm³/mol. The van der Waals surface area contributed by atoms with Crippen LogP contribution in [-0.4, -0.2) is 50.6 Å². The van der Waals surface area contributed by atoms with Crippen LogP contribution >= 0.6 is 0 Å². The molecule has 0 aliphatic carbocycles. The lowest BCUT2D eigenvalue weighted by Crippen LogP contribution is -2.28. The molecule has 0 fully saturated rings. The third-order valence-electron chi connectivity index (χ3n) is 3.07. The Hall–Kier alpha value is -2.27. The van der Waals surface area contributed by atoms with Gasteiger partial charge in [0.15, 0.2) is 10.7 Å². The highest BCUT2D eigenvalue weighted by atomic mass is 32.2. The van der Waals surface area contributed by atoms with Crippen molar-refractivity contribution < 1.29 is 18.3 Å². The quantitative estimate of drug-likeness (QED) is 0.712. The van der Waals surface area contributed by atoms with Crippen LogP contribution in [0.3, 0.4) is 0 Å². The van der Waals surface area contributed by atoms with E-state index in [2.05, 4.69) is 20.0 Å². The maximum absolute atomic E-state index is 12.2. The zero-order valence-corrected chi connectivity index (χ0v) is 13.8. The molecule has 2 N–H and O–H groups in total. The summed E-state index contributed by atoms with van der Waals surface area (Å²) in [5.41, 5.74) is -0.195. The number of nitrogens with one attached hydrogen (secondary N) is 1. The maximum Gasteiger partial charge on any atom is 0.358 e. The first-order valence-corrected chi connectivity index (χ1v) is 8.35. The van der Waals surface area contributed by atoms with E-state index in [9.17, 15) is 13.2 Å². The molecule has 0 aliphatic heterocycles. The van der Waals surface area contributed by atoms with Crippen molar-refractivity contribution in [2.75, 3.05) is 6.54 Å². The second-order valence-corrected chi connectivity index (χ2v) is 6.99. The summed E-state index contributed by atoms with van der Waals surface area (Å²) in [5.74, 6) is -0.409. The van der Waals surface area contributed by atoms with Crippen LogP contribution in [0.4, 0.5) is 0 Å². The number of sulfonamides is 1. The molecule has 0 spiro atoms. The lowest BCUT2D eigenvalue weighted by molar-refractivity contribution is 0.0690. The van der Waals surface area contributed by atoms with Crippen molar-refractivity contribution in [1.29, 1.82) is 0 Å². The van der Waals surface area contributed by atoms with Crippen LogP contribution in [-0.2, 0) is 23.6 Å². The van der Waals surface area contributed by atoms with Crippen molar-refractivity contribution in [2.45, 2.75) is 31.3 Å². The van der Waals surface area contributed by atoms with Gasteiger partial charge in [0.05, 0.1) is 12.7 Å². The number of hydrogen-bond acceptors (Lipinski definition) is 6. The van der Waals surface area contributed by atoms with Crippen LogP contribution in [0, 0.1) is 0 Å². The molecule has 0 aliphatic rings. The molecule has 0 amide bonds. The lowest BCUT2D eigenvalue weighted by Gasteiger charge is -2.04. The first-order chi connectivity index (χ1) is 10.7. The standard InChI is InChI=1S/C12H18N6O4S/c1-8(2)11-14-10(7-17(11)3)23(21,22)13-4-5-18-6-9(12(19)20)15-16-18/h6-8,13H,4-5H2,1-3H3,(H,19,20). The summed E-state index contributed by atoms with van der Waals surface area (Å²) in [7, 11) is -1.99. The van der Waals surface area contributed by atoms with Gasteiger partial charge in [0.25, 0.3) is 10.0 Å². The molecule has 0 atom stereocenters. The van der Waals surface area contributed by atoms with E-state index in [4.69, 9.17) is 5.11 Å². The van der Waals surface area contributed by atoms with Crippen LogP contribution in [0.5, 0.6) is 0 Å². The van der Waals surface area contributed by atoms with Gasteiger partial charge in [-0.3, -0.25) is 4.68 Å². The number of imidazole rings is 1. The van der Waals surface area contributed by atoms with E-state index in [0.717, 1.165) is 0 Å². The Balaban J connectivity index is 2.01. The van der Waals surface area contributed by atoms with Crippen molar-refractivity contribution in [3.8, 4) is 0 Å². The summed E-state index contributed by atoms with van der Waals surface area (Å²) in [6, 6.07) is 0. The van der Waals surface area contributed by atoms with Crippen molar-refractivity contribution in [2.24, 2.45) is 7.05 Å². The Bertz CT molecular complexity index is 807. The van der Waals surface area contributed by atoms with Gasteiger partial charge in [-0.1, -0.05) is 19.1 Å². The number of aromatic carboxylic acids is 1. The van der Waals surface area contributed by atoms with Gasteiger partial charge in [0.1, 0.15) is 5.82 Å². The molecular weight excluding hydrogens is 324 g/mol. The monoisotopic (exact) mass is 342 g/mol. The molecule has 0 saturated heterocycles. The molecule has 126 valence electrons. The number of aryl methyl sites for hydroxylation is 1. The average molecular weight is 342 g/mol. The number of carbonyl (C=O) groups is 1. The summed E-state index contributed by atoms with van der Waals surface area (Å²) < 4.78 is 29.7. The highest BCUT2D eigenvalue weighted by molar-refractivity contribution is 7.89. The molecule has 2 aromatic rings. The van der Waals surface area contributed by atoms with Gasteiger partial charge in [0, 0.05) is 25.7 Å². The zero-order valence-electron chi connectivity index (χ0n) is 13.0. The average Bonchev–Trinajstić information content (AvgIpc) is 3.05. The van der Waals surface area contributed by atoms with Crippen molar-refractivity contribution in [3.05, 3.63) is 23.9 Å². The third-order valence-corrected chi connectivity index (χ3v) is 4.40. The topological polar surface area (TPSA) is 132 Å². The summed E-state index contributed by atoms with van der Waals surface area (Å²) >= 11 is 0. The van der Waals surface area contributed by atoms with Crippen LogP contribution in [0.25, 0.3) is 0 Å². The molecule has 0 saturated carbocycles. The van der Waals surface area contributed by atoms with Gasteiger partial charge < -0.3 is 9.67 Å². The van der Waals surface area contributed by atoms with Crippen LogP contribution in [0.1, 0.15) is 36.1 Å².